The lowest BCUT2D eigenvalue weighted by molar-refractivity contribution is -0.138. The van der Waals surface area contributed by atoms with E-state index in [-0.39, 0.29) is 31.6 Å². The summed E-state index contributed by atoms with van der Waals surface area (Å²) in [5.74, 6) is -4.02. The summed E-state index contributed by atoms with van der Waals surface area (Å²) in [5, 5.41) is 22.2. The minimum atomic E-state index is -1.18. The Labute approximate surface area is 267 Å². The molecule has 4 amide bonds. The van der Waals surface area contributed by atoms with Gasteiger partial charge in [-0.05, 0) is 33.1 Å². The first-order chi connectivity index (χ1) is 21.2. The second-order valence-electron chi connectivity index (χ2n) is 11.1. The number of aromatic nitrogens is 1. The van der Waals surface area contributed by atoms with Crippen LogP contribution >= 0.6 is 23.1 Å². The molecule has 45 heavy (non-hydrogen) atoms. The molecule has 1 aliphatic carbocycles. The number of aliphatic imine (C=N–C) groups is 1. The van der Waals surface area contributed by atoms with E-state index in [1.165, 1.54) is 36.9 Å². The predicted octanol–water partition coefficient (Wildman–Crippen LogP) is 0.0418. The molecule has 1 saturated carbocycles. The molecule has 0 saturated heterocycles. The Balaban J connectivity index is 1.38. The molecular formula is C28H36N6O9S2. The van der Waals surface area contributed by atoms with Crippen LogP contribution in [0.3, 0.4) is 0 Å². The maximum atomic E-state index is 12.8. The summed E-state index contributed by atoms with van der Waals surface area (Å²) in [6.45, 7) is 4.25. The molecule has 15 nitrogen and oxygen atoms in total. The number of thioether (sulfide) groups is 1. The smallest absolute Gasteiger partial charge is 0.329 e. The molecule has 2 heterocycles. The predicted molar refractivity (Wildman–Crippen MR) is 163 cm³/mol. The molecule has 2 aliphatic rings. The van der Waals surface area contributed by atoms with Crippen LogP contribution in [0.25, 0.3) is 0 Å². The van der Waals surface area contributed by atoms with E-state index >= 15 is 0 Å². The van der Waals surface area contributed by atoms with Gasteiger partial charge < -0.3 is 26.4 Å². The number of carboxylic acids is 1. The van der Waals surface area contributed by atoms with Crippen molar-refractivity contribution in [3.05, 3.63) is 16.1 Å². The minimum Gasteiger partial charge on any atom is -0.480 e. The summed E-state index contributed by atoms with van der Waals surface area (Å²) in [4.78, 5) is 105. The van der Waals surface area contributed by atoms with Gasteiger partial charge in [-0.2, -0.15) is 0 Å². The monoisotopic (exact) mass is 664 g/mol. The van der Waals surface area contributed by atoms with E-state index in [0.717, 1.165) is 0 Å². The van der Waals surface area contributed by atoms with Crippen molar-refractivity contribution in [3.8, 4) is 0 Å². The van der Waals surface area contributed by atoms with Crippen molar-refractivity contribution < 1.29 is 43.5 Å². The molecular weight excluding hydrogens is 628 g/mol. The molecule has 0 unspecified atom stereocenters. The number of carbonyl (C=O) groups excluding carboxylic acids is 7. The lowest BCUT2D eigenvalue weighted by Crippen LogP contribution is -2.49. The first-order valence-electron chi connectivity index (χ1n) is 14.2. The van der Waals surface area contributed by atoms with Gasteiger partial charge in [0.25, 0.3) is 0 Å². The van der Waals surface area contributed by atoms with Crippen molar-refractivity contribution in [2.24, 2.45) is 4.99 Å². The van der Waals surface area contributed by atoms with Gasteiger partial charge >= 0.3 is 5.97 Å². The summed E-state index contributed by atoms with van der Waals surface area (Å²) in [5.41, 5.74) is -0.652. The standard InChI is InChI=1S/C28H36N6O9S2/c1-14(30-25(41)18(8-15(2)35)31-16(3)36)4-5-17(37)9-23(40)34-28(6-7-28)21(38)10-22(39)29-11-24-32-19(12-44-24)26-33-20(13-45-26)27(42)43/h12,14,18,20H,4-11,13H2,1-3H3,(H,29,39)(H,30,41)(H,31,36)(H,34,40)(H,42,43)/t14-,18+,20-/m0/s1. The second kappa shape index (κ2) is 15.8. The zero-order valence-electron chi connectivity index (χ0n) is 25.1. The maximum absolute atomic E-state index is 12.8. The van der Waals surface area contributed by atoms with Crippen molar-refractivity contribution in [1.29, 1.82) is 0 Å². The van der Waals surface area contributed by atoms with Crippen molar-refractivity contribution in [2.75, 3.05) is 5.75 Å². The molecule has 0 radical (unpaired) electrons. The number of nitrogens with one attached hydrogen (secondary N) is 4. The summed E-state index contributed by atoms with van der Waals surface area (Å²) in [7, 11) is 0. The van der Waals surface area contributed by atoms with Gasteiger partial charge in [-0.25, -0.2) is 9.78 Å². The lowest BCUT2D eigenvalue weighted by atomic mass is 10.0. The number of hydrogen-bond donors (Lipinski definition) is 5. The number of Topliss-reactive ketones (excluding diaryl/α,β-unsaturated/α-hetero) is 3. The molecule has 244 valence electrons. The van der Waals surface area contributed by atoms with E-state index in [4.69, 9.17) is 5.11 Å². The third kappa shape index (κ3) is 11.1. The zero-order chi connectivity index (χ0) is 33.3. The van der Waals surface area contributed by atoms with Gasteiger partial charge in [0, 0.05) is 36.9 Å². The highest BCUT2D eigenvalue weighted by Gasteiger charge is 2.51. The van der Waals surface area contributed by atoms with E-state index in [1.807, 2.05) is 0 Å². The third-order valence-electron chi connectivity index (χ3n) is 6.92. The van der Waals surface area contributed by atoms with Gasteiger partial charge in [0.2, 0.25) is 23.6 Å². The SMILES string of the molecule is CC(=O)C[C@@H](NC(C)=O)C(=O)N[C@@H](C)CCC(=O)CC(=O)NC1(C(=O)CC(=O)NCc2nc(C3=N[C@H](C(=O)O)CS3)cs2)CC1. The number of rotatable bonds is 18. The normalized spacial score (nSPS) is 17.7. The average Bonchev–Trinajstić information content (AvgIpc) is 3.32. The van der Waals surface area contributed by atoms with Crippen LogP contribution in [0, 0.1) is 0 Å². The number of nitrogens with zero attached hydrogens (tertiary/aromatic N) is 2. The molecule has 1 aliphatic heterocycles. The number of carboxylic acid groups (broad SMARTS) is 1. The molecule has 0 aromatic carbocycles. The van der Waals surface area contributed by atoms with Crippen LogP contribution in [0.2, 0.25) is 0 Å². The van der Waals surface area contributed by atoms with Crippen LogP contribution in [-0.2, 0) is 44.9 Å². The van der Waals surface area contributed by atoms with E-state index in [9.17, 15) is 38.4 Å². The van der Waals surface area contributed by atoms with Crippen LogP contribution in [0.5, 0.6) is 0 Å². The van der Waals surface area contributed by atoms with Crippen molar-refractivity contribution in [1.82, 2.24) is 26.3 Å². The van der Waals surface area contributed by atoms with Gasteiger partial charge in [-0.15, -0.1) is 23.1 Å². The fourth-order valence-corrected chi connectivity index (χ4v) is 6.18. The fraction of sp³-hybridized carbons (Fsp3) is 0.571. The first-order valence-corrected chi connectivity index (χ1v) is 16.1. The maximum Gasteiger partial charge on any atom is 0.329 e. The Morgan fingerprint density at radius 3 is 2.36 bits per heavy atom. The Hall–Kier alpha value is -3.99. The van der Waals surface area contributed by atoms with Gasteiger partial charge in [0.05, 0.1) is 24.9 Å². The number of hydrogen-bond acceptors (Lipinski definition) is 12. The van der Waals surface area contributed by atoms with E-state index < -0.39 is 77.7 Å². The lowest BCUT2D eigenvalue weighted by Gasteiger charge is -2.20. The Bertz CT molecular complexity index is 1390. The molecule has 0 bridgehead atoms. The van der Waals surface area contributed by atoms with E-state index in [0.29, 0.717) is 34.3 Å². The molecule has 1 fully saturated rings. The van der Waals surface area contributed by atoms with Crippen molar-refractivity contribution >= 4 is 75.1 Å². The molecule has 0 spiro atoms. The van der Waals surface area contributed by atoms with Crippen LogP contribution < -0.4 is 21.3 Å². The Kier molecular flexibility index (Phi) is 12.5. The van der Waals surface area contributed by atoms with Crippen LogP contribution in [0.15, 0.2) is 10.4 Å². The highest BCUT2D eigenvalue weighted by atomic mass is 32.2. The van der Waals surface area contributed by atoms with Crippen molar-refractivity contribution in [3.63, 3.8) is 0 Å². The van der Waals surface area contributed by atoms with Crippen LogP contribution in [0.4, 0.5) is 0 Å². The minimum absolute atomic E-state index is 0.0274. The van der Waals surface area contributed by atoms with E-state index in [2.05, 4.69) is 31.2 Å². The molecule has 5 N–H and O–H groups in total. The molecule has 1 aromatic heterocycles. The Morgan fingerprint density at radius 2 is 1.76 bits per heavy atom. The second-order valence-corrected chi connectivity index (χ2v) is 13.0. The number of carbonyl (C=O) groups is 8. The topological polar surface area (TPSA) is 230 Å². The summed E-state index contributed by atoms with van der Waals surface area (Å²) in [6, 6.07) is -2.31. The highest BCUT2D eigenvalue weighted by Crippen LogP contribution is 2.37. The first kappa shape index (κ1) is 35.5. The molecule has 17 heteroatoms. The van der Waals surface area contributed by atoms with Gasteiger partial charge in [0.1, 0.15) is 33.4 Å². The average molecular weight is 665 g/mol. The van der Waals surface area contributed by atoms with Gasteiger partial charge in [0.15, 0.2) is 11.8 Å². The van der Waals surface area contributed by atoms with Crippen LogP contribution in [0.1, 0.15) is 76.4 Å². The number of ketones is 3. The fourth-order valence-electron chi connectivity index (χ4n) is 4.39. The summed E-state index contributed by atoms with van der Waals surface area (Å²) < 4.78 is 0. The molecule has 1 aromatic rings. The molecule has 3 rings (SSSR count). The van der Waals surface area contributed by atoms with Gasteiger partial charge in [-0.3, -0.25) is 38.6 Å². The Morgan fingerprint density at radius 1 is 1.04 bits per heavy atom. The third-order valence-corrected chi connectivity index (χ3v) is 8.83. The number of aliphatic carboxylic acids is 1. The van der Waals surface area contributed by atoms with Crippen molar-refractivity contribution in [2.45, 2.75) is 95.9 Å². The number of amides is 4. The van der Waals surface area contributed by atoms with Crippen LogP contribution in [-0.4, -0.2) is 91.5 Å². The number of thiazole rings is 1. The van der Waals surface area contributed by atoms with Gasteiger partial charge in [-0.1, -0.05) is 0 Å². The summed E-state index contributed by atoms with van der Waals surface area (Å²) in [6.07, 6.45) is -0.208. The molecule has 3 atom stereocenters. The quantitative estimate of drug-likeness (QED) is 0.132. The summed E-state index contributed by atoms with van der Waals surface area (Å²) >= 11 is 2.56. The van der Waals surface area contributed by atoms with E-state index in [1.54, 1.807) is 12.3 Å². The largest absolute Gasteiger partial charge is 0.480 e. The highest BCUT2D eigenvalue weighted by molar-refractivity contribution is 8.14. The zero-order valence-corrected chi connectivity index (χ0v) is 26.7.